The average molecular weight is 242 g/mol. The van der Waals surface area contributed by atoms with Gasteiger partial charge in [0, 0.05) is 0 Å². The molecule has 0 aliphatic heterocycles. The van der Waals surface area contributed by atoms with Crippen molar-refractivity contribution >= 4 is 5.78 Å². The van der Waals surface area contributed by atoms with Gasteiger partial charge in [0.05, 0.1) is 0 Å². The lowest BCUT2D eigenvalue weighted by molar-refractivity contribution is -0.166. The summed E-state index contributed by atoms with van der Waals surface area (Å²) in [6.45, 7) is 5.11. The van der Waals surface area contributed by atoms with Crippen LogP contribution in [0.1, 0.15) is 17.5 Å². The van der Waals surface area contributed by atoms with Crippen LogP contribution in [0.2, 0.25) is 0 Å². The van der Waals surface area contributed by atoms with Crippen molar-refractivity contribution < 1.29 is 18.0 Å². The van der Waals surface area contributed by atoms with Crippen molar-refractivity contribution in [3.8, 4) is 0 Å². The maximum absolute atomic E-state index is 12.1. The zero-order valence-corrected chi connectivity index (χ0v) is 9.47. The molecular weight excluding hydrogens is 229 g/mol. The largest absolute Gasteiger partial charge is 0.454 e. The van der Waals surface area contributed by atoms with Crippen LogP contribution in [0, 0.1) is 6.92 Å². The lowest BCUT2D eigenvalue weighted by atomic mass is 10.0. The summed E-state index contributed by atoms with van der Waals surface area (Å²) in [5.41, 5.74) is 1.59. The van der Waals surface area contributed by atoms with Crippen LogP contribution >= 0.6 is 0 Å². The summed E-state index contributed by atoms with van der Waals surface area (Å²) in [5, 5.41) is 0. The summed E-state index contributed by atoms with van der Waals surface area (Å²) < 4.78 is 36.2. The Morgan fingerprint density at radius 1 is 1.24 bits per heavy atom. The Bertz CT molecular complexity index is 415. The number of alkyl halides is 3. The number of hydrogen-bond donors (Lipinski definition) is 0. The first kappa shape index (κ1) is 13.5. The summed E-state index contributed by atoms with van der Waals surface area (Å²) in [6, 6.07) is 7.43. The summed E-state index contributed by atoms with van der Waals surface area (Å²) >= 11 is 0. The molecule has 4 heteroatoms. The molecule has 1 rings (SSSR count). The molecule has 0 saturated carbocycles. The maximum Gasteiger partial charge on any atom is 0.454 e. The van der Waals surface area contributed by atoms with E-state index in [1.807, 2.05) is 31.2 Å². The summed E-state index contributed by atoms with van der Waals surface area (Å²) in [6.07, 6.45) is -4.40. The Morgan fingerprint density at radius 3 is 2.24 bits per heavy atom. The second kappa shape index (κ2) is 5.17. The first-order valence-electron chi connectivity index (χ1n) is 5.15. The van der Waals surface area contributed by atoms with Gasteiger partial charge in [0.2, 0.25) is 0 Å². The molecule has 0 heterocycles. The average Bonchev–Trinajstić information content (AvgIpc) is 2.25. The van der Waals surface area contributed by atoms with Crippen molar-refractivity contribution in [1.82, 2.24) is 0 Å². The zero-order chi connectivity index (χ0) is 13.1. The highest BCUT2D eigenvalue weighted by Gasteiger charge is 2.39. The minimum atomic E-state index is -4.82. The van der Waals surface area contributed by atoms with E-state index in [0.717, 1.165) is 11.1 Å². The Hall–Kier alpha value is -1.58. The van der Waals surface area contributed by atoms with E-state index in [2.05, 4.69) is 6.58 Å². The van der Waals surface area contributed by atoms with Gasteiger partial charge in [-0.25, -0.2) is 0 Å². The van der Waals surface area contributed by atoms with E-state index in [0.29, 0.717) is 6.42 Å². The molecule has 17 heavy (non-hydrogen) atoms. The maximum atomic E-state index is 12.1. The molecule has 0 N–H and O–H groups in total. The molecule has 0 aliphatic rings. The summed E-state index contributed by atoms with van der Waals surface area (Å²) in [5.74, 6) is -1.83. The van der Waals surface area contributed by atoms with Crippen LogP contribution in [0.15, 0.2) is 36.4 Å². The molecule has 0 fully saturated rings. The topological polar surface area (TPSA) is 17.1 Å². The van der Waals surface area contributed by atoms with Gasteiger partial charge >= 0.3 is 6.18 Å². The normalized spacial score (nSPS) is 11.3. The van der Waals surface area contributed by atoms with Crippen molar-refractivity contribution in [3.05, 3.63) is 47.5 Å². The summed E-state index contributed by atoms with van der Waals surface area (Å²) in [7, 11) is 0. The van der Waals surface area contributed by atoms with Gasteiger partial charge in [-0.15, -0.1) is 0 Å². The lowest BCUT2D eigenvalue weighted by Gasteiger charge is -2.08. The second-order valence-corrected chi connectivity index (χ2v) is 3.92. The Kier molecular flexibility index (Phi) is 4.10. The van der Waals surface area contributed by atoms with Gasteiger partial charge < -0.3 is 0 Å². The molecule has 1 aromatic carbocycles. The first-order valence-corrected chi connectivity index (χ1v) is 5.15. The number of hydrogen-bond acceptors (Lipinski definition) is 1. The molecule has 1 nitrogen and oxygen atoms in total. The molecule has 0 bridgehead atoms. The number of aryl methyl sites for hydroxylation is 2. The van der Waals surface area contributed by atoms with Crippen LogP contribution in [0.4, 0.5) is 13.2 Å². The standard InChI is InChI=1S/C13H13F3O/c1-9-3-6-11(7-4-9)8-5-10(2)12(17)13(14,15)16/h3-4,6-7H,2,5,8H2,1H3. The van der Waals surface area contributed by atoms with Gasteiger partial charge in [-0.1, -0.05) is 36.4 Å². The van der Waals surface area contributed by atoms with Gasteiger partial charge in [0.15, 0.2) is 0 Å². The molecular formula is C13H13F3O. The Morgan fingerprint density at radius 2 is 1.76 bits per heavy atom. The number of carbonyl (C=O) groups is 1. The van der Waals surface area contributed by atoms with E-state index in [1.165, 1.54) is 0 Å². The van der Waals surface area contributed by atoms with E-state index in [4.69, 9.17) is 0 Å². The number of benzene rings is 1. The molecule has 0 atom stereocenters. The van der Waals surface area contributed by atoms with Gasteiger partial charge in [0.25, 0.3) is 5.78 Å². The molecule has 92 valence electrons. The molecule has 0 aliphatic carbocycles. The molecule has 0 aromatic heterocycles. The SMILES string of the molecule is C=C(CCc1ccc(C)cc1)C(=O)C(F)(F)F. The Balaban J connectivity index is 2.54. The van der Waals surface area contributed by atoms with E-state index < -0.39 is 17.5 Å². The third-order valence-electron chi connectivity index (χ3n) is 2.41. The van der Waals surface area contributed by atoms with Gasteiger partial charge in [-0.2, -0.15) is 13.2 Å². The molecule has 0 spiro atoms. The van der Waals surface area contributed by atoms with E-state index >= 15 is 0 Å². The molecule has 1 aromatic rings. The van der Waals surface area contributed by atoms with Gasteiger partial charge in [-0.3, -0.25) is 4.79 Å². The molecule has 0 amide bonds. The first-order chi connectivity index (χ1) is 7.80. The fraction of sp³-hybridized carbons (Fsp3) is 0.308. The smallest absolute Gasteiger partial charge is 0.284 e. The zero-order valence-electron chi connectivity index (χ0n) is 9.47. The van der Waals surface area contributed by atoms with Crippen LogP contribution in [0.3, 0.4) is 0 Å². The third-order valence-corrected chi connectivity index (χ3v) is 2.41. The Labute approximate surface area is 98.0 Å². The van der Waals surface area contributed by atoms with Crippen molar-refractivity contribution in [2.45, 2.75) is 25.9 Å². The van der Waals surface area contributed by atoms with E-state index in [1.54, 1.807) is 0 Å². The van der Waals surface area contributed by atoms with E-state index in [-0.39, 0.29) is 6.42 Å². The van der Waals surface area contributed by atoms with Crippen LogP contribution in [-0.4, -0.2) is 12.0 Å². The lowest BCUT2D eigenvalue weighted by Crippen LogP contribution is -2.24. The van der Waals surface area contributed by atoms with Crippen LogP contribution in [0.25, 0.3) is 0 Å². The van der Waals surface area contributed by atoms with Gasteiger partial charge in [0.1, 0.15) is 0 Å². The van der Waals surface area contributed by atoms with Crippen molar-refractivity contribution in [2.75, 3.05) is 0 Å². The fourth-order valence-electron chi connectivity index (χ4n) is 1.36. The number of allylic oxidation sites excluding steroid dienone is 1. The second-order valence-electron chi connectivity index (χ2n) is 3.92. The molecule has 0 radical (unpaired) electrons. The third kappa shape index (κ3) is 4.06. The monoisotopic (exact) mass is 242 g/mol. The van der Waals surface area contributed by atoms with E-state index in [9.17, 15) is 18.0 Å². The molecule has 0 saturated heterocycles. The predicted octanol–water partition coefficient (Wildman–Crippen LogP) is 3.62. The minimum absolute atomic E-state index is 0.0292. The number of carbonyl (C=O) groups excluding carboxylic acids is 1. The highest BCUT2D eigenvalue weighted by atomic mass is 19.4. The minimum Gasteiger partial charge on any atom is -0.284 e. The fourth-order valence-corrected chi connectivity index (χ4v) is 1.36. The highest BCUT2D eigenvalue weighted by Crippen LogP contribution is 2.22. The van der Waals surface area contributed by atoms with Gasteiger partial charge in [-0.05, 0) is 30.9 Å². The van der Waals surface area contributed by atoms with Crippen molar-refractivity contribution in [1.29, 1.82) is 0 Å². The number of ketones is 1. The van der Waals surface area contributed by atoms with Crippen molar-refractivity contribution in [3.63, 3.8) is 0 Å². The predicted molar refractivity (Wildman–Crippen MR) is 59.7 cm³/mol. The number of halogens is 3. The summed E-state index contributed by atoms with van der Waals surface area (Å²) in [4.78, 5) is 10.8. The van der Waals surface area contributed by atoms with Crippen LogP contribution < -0.4 is 0 Å². The molecule has 0 unspecified atom stereocenters. The van der Waals surface area contributed by atoms with Crippen LogP contribution in [-0.2, 0) is 11.2 Å². The number of Topliss-reactive ketones (excluding diaryl/α,β-unsaturated/α-hetero) is 1. The quantitative estimate of drug-likeness (QED) is 0.737. The number of rotatable bonds is 4. The highest BCUT2D eigenvalue weighted by molar-refractivity contribution is 5.99. The van der Waals surface area contributed by atoms with Crippen LogP contribution in [0.5, 0.6) is 0 Å². The van der Waals surface area contributed by atoms with Crippen molar-refractivity contribution in [2.24, 2.45) is 0 Å².